The summed E-state index contributed by atoms with van der Waals surface area (Å²) in [6.45, 7) is 2.55. The van der Waals surface area contributed by atoms with Crippen LogP contribution in [0.25, 0.3) is 0 Å². The zero-order chi connectivity index (χ0) is 16.1. The molecule has 0 saturated carbocycles. The van der Waals surface area contributed by atoms with Gasteiger partial charge in [0.25, 0.3) is 0 Å². The Bertz CT molecular complexity index is 543. The zero-order valence-corrected chi connectivity index (χ0v) is 13.3. The maximum Gasteiger partial charge on any atom is 0.232 e. The van der Waals surface area contributed by atoms with Crippen LogP contribution in [0.2, 0.25) is 0 Å². The number of nitrogens with one attached hydrogen (secondary N) is 2. The standard InChI is InChI=1S/C18H24N2O3/c21-16-8-9-18(13-20-16,15-6-2-1-3-7-15)17(22)19-11-14-5-4-10-23-12-14/h1-3,6-7,14H,4-5,8-13H2,(H,19,22)(H,20,21)/t14-,18-/m0/s1. The molecule has 3 rings (SSSR count). The highest BCUT2D eigenvalue weighted by molar-refractivity contribution is 5.91. The van der Waals surface area contributed by atoms with Crippen LogP contribution in [0.15, 0.2) is 30.3 Å². The van der Waals surface area contributed by atoms with Crippen LogP contribution in [0.4, 0.5) is 0 Å². The van der Waals surface area contributed by atoms with E-state index in [9.17, 15) is 9.59 Å². The quantitative estimate of drug-likeness (QED) is 0.882. The largest absolute Gasteiger partial charge is 0.381 e. The molecule has 0 bridgehead atoms. The van der Waals surface area contributed by atoms with Gasteiger partial charge in [0, 0.05) is 26.1 Å². The molecule has 124 valence electrons. The van der Waals surface area contributed by atoms with E-state index in [4.69, 9.17) is 4.74 Å². The molecule has 2 fully saturated rings. The average molecular weight is 316 g/mol. The topological polar surface area (TPSA) is 67.4 Å². The Morgan fingerprint density at radius 3 is 2.83 bits per heavy atom. The molecule has 2 aliphatic rings. The van der Waals surface area contributed by atoms with Gasteiger partial charge in [-0.3, -0.25) is 9.59 Å². The van der Waals surface area contributed by atoms with Crippen molar-refractivity contribution < 1.29 is 14.3 Å². The lowest BCUT2D eigenvalue weighted by molar-refractivity contribution is -0.131. The van der Waals surface area contributed by atoms with Gasteiger partial charge in [-0.25, -0.2) is 0 Å². The minimum absolute atomic E-state index is 0.00859. The lowest BCUT2D eigenvalue weighted by atomic mass is 9.73. The number of carbonyl (C=O) groups excluding carboxylic acids is 2. The van der Waals surface area contributed by atoms with E-state index in [1.807, 2.05) is 30.3 Å². The summed E-state index contributed by atoms with van der Waals surface area (Å²) in [5.41, 5.74) is 0.308. The Morgan fingerprint density at radius 2 is 2.17 bits per heavy atom. The van der Waals surface area contributed by atoms with Crippen molar-refractivity contribution in [3.63, 3.8) is 0 Å². The highest BCUT2D eigenvalue weighted by Crippen LogP contribution is 2.32. The Morgan fingerprint density at radius 1 is 1.35 bits per heavy atom. The fourth-order valence-corrected chi connectivity index (χ4v) is 3.46. The Labute approximate surface area is 136 Å². The van der Waals surface area contributed by atoms with Crippen molar-refractivity contribution in [1.29, 1.82) is 0 Å². The van der Waals surface area contributed by atoms with E-state index in [0.29, 0.717) is 31.8 Å². The molecular formula is C18H24N2O3. The third-order valence-electron chi connectivity index (χ3n) is 4.93. The number of benzene rings is 1. The molecule has 1 aromatic rings. The molecule has 2 N–H and O–H groups in total. The predicted octanol–water partition coefficient (Wildman–Crippen LogP) is 1.38. The van der Waals surface area contributed by atoms with Gasteiger partial charge in [-0.1, -0.05) is 30.3 Å². The fourth-order valence-electron chi connectivity index (χ4n) is 3.46. The van der Waals surface area contributed by atoms with Crippen molar-refractivity contribution in [2.24, 2.45) is 5.92 Å². The summed E-state index contributed by atoms with van der Waals surface area (Å²) < 4.78 is 5.48. The maximum atomic E-state index is 13.0. The van der Waals surface area contributed by atoms with Crippen LogP contribution in [-0.2, 0) is 19.7 Å². The van der Waals surface area contributed by atoms with E-state index in [0.717, 1.165) is 31.6 Å². The van der Waals surface area contributed by atoms with Gasteiger partial charge in [0.2, 0.25) is 11.8 Å². The molecule has 0 radical (unpaired) electrons. The van der Waals surface area contributed by atoms with Crippen molar-refractivity contribution >= 4 is 11.8 Å². The number of rotatable bonds is 4. The predicted molar refractivity (Wildman–Crippen MR) is 86.9 cm³/mol. The van der Waals surface area contributed by atoms with Gasteiger partial charge in [0.1, 0.15) is 0 Å². The van der Waals surface area contributed by atoms with Gasteiger partial charge < -0.3 is 15.4 Å². The van der Waals surface area contributed by atoms with Crippen LogP contribution in [0, 0.1) is 5.92 Å². The van der Waals surface area contributed by atoms with E-state index in [-0.39, 0.29) is 11.8 Å². The minimum Gasteiger partial charge on any atom is -0.381 e. The summed E-state index contributed by atoms with van der Waals surface area (Å²) in [7, 11) is 0. The molecule has 2 atom stereocenters. The van der Waals surface area contributed by atoms with Crippen molar-refractivity contribution in [3.8, 4) is 0 Å². The lowest BCUT2D eigenvalue weighted by Gasteiger charge is -2.37. The van der Waals surface area contributed by atoms with E-state index in [1.165, 1.54) is 0 Å². The van der Waals surface area contributed by atoms with Crippen molar-refractivity contribution in [2.75, 3.05) is 26.3 Å². The normalized spacial score (nSPS) is 28.0. The molecule has 5 nitrogen and oxygen atoms in total. The Balaban J connectivity index is 1.72. The van der Waals surface area contributed by atoms with Gasteiger partial charge in [0.05, 0.1) is 12.0 Å². The van der Waals surface area contributed by atoms with Crippen molar-refractivity contribution in [2.45, 2.75) is 31.1 Å². The first-order chi connectivity index (χ1) is 11.2. The van der Waals surface area contributed by atoms with Crippen LogP contribution < -0.4 is 10.6 Å². The molecule has 23 heavy (non-hydrogen) atoms. The van der Waals surface area contributed by atoms with Crippen molar-refractivity contribution in [1.82, 2.24) is 10.6 Å². The molecule has 2 amide bonds. The van der Waals surface area contributed by atoms with Crippen LogP contribution >= 0.6 is 0 Å². The second-order valence-electron chi connectivity index (χ2n) is 6.52. The molecule has 5 heteroatoms. The molecular weight excluding hydrogens is 292 g/mol. The third kappa shape index (κ3) is 3.55. The van der Waals surface area contributed by atoms with E-state index >= 15 is 0 Å². The van der Waals surface area contributed by atoms with Crippen LogP contribution in [0.1, 0.15) is 31.2 Å². The van der Waals surface area contributed by atoms with Gasteiger partial charge in [0.15, 0.2) is 0 Å². The molecule has 0 aromatic heterocycles. The molecule has 2 aliphatic heterocycles. The third-order valence-corrected chi connectivity index (χ3v) is 4.93. The van der Waals surface area contributed by atoms with Gasteiger partial charge >= 0.3 is 0 Å². The first-order valence-electron chi connectivity index (χ1n) is 8.39. The summed E-state index contributed by atoms with van der Waals surface area (Å²) in [6.07, 6.45) is 3.08. The van der Waals surface area contributed by atoms with E-state index in [1.54, 1.807) is 0 Å². The first kappa shape index (κ1) is 16.0. The molecule has 0 aliphatic carbocycles. The number of hydrogen-bond acceptors (Lipinski definition) is 3. The maximum absolute atomic E-state index is 13.0. The molecule has 0 unspecified atom stereocenters. The first-order valence-corrected chi connectivity index (χ1v) is 8.39. The zero-order valence-electron chi connectivity index (χ0n) is 13.3. The van der Waals surface area contributed by atoms with Gasteiger partial charge in [-0.2, -0.15) is 0 Å². The van der Waals surface area contributed by atoms with Crippen LogP contribution in [0.3, 0.4) is 0 Å². The SMILES string of the molecule is O=C1CC[C@@](C(=O)NC[C@@H]2CCCOC2)(c2ccccc2)CN1. The van der Waals surface area contributed by atoms with Crippen molar-refractivity contribution in [3.05, 3.63) is 35.9 Å². The minimum atomic E-state index is -0.662. The second-order valence-corrected chi connectivity index (χ2v) is 6.52. The molecule has 2 heterocycles. The lowest BCUT2D eigenvalue weighted by Crippen LogP contribution is -2.55. The molecule has 0 spiro atoms. The van der Waals surface area contributed by atoms with E-state index in [2.05, 4.69) is 10.6 Å². The summed E-state index contributed by atoms with van der Waals surface area (Å²) in [6, 6.07) is 9.77. The fraction of sp³-hybridized carbons (Fsp3) is 0.556. The van der Waals surface area contributed by atoms with Crippen LogP contribution in [0.5, 0.6) is 0 Å². The number of carbonyl (C=O) groups is 2. The Hall–Kier alpha value is -1.88. The van der Waals surface area contributed by atoms with Crippen LogP contribution in [-0.4, -0.2) is 38.1 Å². The summed E-state index contributed by atoms with van der Waals surface area (Å²) in [5.74, 6) is 0.415. The number of piperidine rings is 1. The number of hydrogen-bond donors (Lipinski definition) is 2. The second kappa shape index (κ2) is 7.13. The summed E-state index contributed by atoms with van der Waals surface area (Å²) >= 11 is 0. The average Bonchev–Trinajstić information content (AvgIpc) is 2.62. The smallest absolute Gasteiger partial charge is 0.232 e. The Kier molecular flexibility index (Phi) is 4.96. The number of amides is 2. The highest BCUT2D eigenvalue weighted by Gasteiger charge is 2.43. The summed E-state index contributed by atoms with van der Waals surface area (Å²) in [4.78, 5) is 24.5. The van der Waals surface area contributed by atoms with E-state index < -0.39 is 5.41 Å². The molecule has 1 aromatic carbocycles. The highest BCUT2D eigenvalue weighted by atomic mass is 16.5. The number of ether oxygens (including phenoxy) is 1. The van der Waals surface area contributed by atoms with Gasteiger partial charge in [-0.15, -0.1) is 0 Å². The van der Waals surface area contributed by atoms with Gasteiger partial charge in [-0.05, 0) is 30.7 Å². The molecule has 2 saturated heterocycles. The summed E-state index contributed by atoms with van der Waals surface area (Å²) in [5, 5.41) is 5.97. The monoisotopic (exact) mass is 316 g/mol.